The van der Waals surface area contributed by atoms with E-state index in [2.05, 4.69) is 19.9 Å². The maximum atomic E-state index is 11.7. The number of carbonyl (C=O) groups is 2. The van der Waals surface area contributed by atoms with Gasteiger partial charge in [-0.1, -0.05) is 25.5 Å². The lowest BCUT2D eigenvalue weighted by atomic mass is 9.47. The van der Waals surface area contributed by atoms with E-state index < -0.39 is 0 Å². The van der Waals surface area contributed by atoms with Crippen LogP contribution in [0.4, 0.5) is 0 Å². The summed E-state index contributed by atoms with van der Waals surface area (Å²) < 4.78 is 11.3. The minimum absolute atomic E-state index is 0.0121. The summed E-state index contributed by atoms with van der Waals surface area (Å²) in [5.74, 6) is 2.69. The fourth-order valence-electron chi connectivity index (χ4n) is 8.44. The zero-order chi connectivity index (χ0) is 20.4. The predicted molar refractivity (Wildman–Crippen MR) is 110 cm³/mol. The molecule has 0 aromatic heterocycles. The zero-order valence-corrected chi connectivity index (χ0v) is 18.2. The summed E-state index contributed by atoms with van der Waals surface area (Å²) in [5.41, 5.74) is 2.16. The molecule has 0 spiro atoms. The summed E-state index contributed by atoms with van der Waals surface area (Å²) in [7, 11) is 0. The van der Waals surface area contributed by atoms with Gasteiger partial charge in [-0.3, -0.25) is 9.59 Å². The molecule has 0 N–H and O–H groups in total. The molecule has 5 aliphatic rings. The number of carbonyl (C=O) groups excluding carboxylic acids is 2. The van der Waals surface area contributed by atoms with E-state index in [9.17, 15) is 9.59 Å². The Morgan fingerprint density at radius 3 is 2.59 bits per heavy atom. The average Bonchev–Trinajstić information content (AvgIpc) is 3.24. The van der Waals surface area contributed by atoms with Gasteiger partial charge in [-0.25, -0.2) is 0 Å². The van der Waals surface area contributed by atoms with Crippen LogP contribution in [0.2, 0.25) is 0 Å². The van der Waals surface area contributed by atoms with Crippen molar-refractivity contribution in [1.29, 1.82) is 0 Å². The standard InChI is InChI=1S/C25H36O4/c1-15(26)28-17-10-12-24(2)16(14-17)4-5-18-19-6-7-21(22-8-9-23(27)29-22)25(19,3)13-11-20(18)24/h4,17-22H,5-14H2,1-3H3/t17-,18-,19-,20-,21+,22+,24-,25-/m0/s1. The lowest BCUT2D eigenvalue weighted by molar-refractivity contribution is -0.150. The third kappa shape index (κ3) is 2.99. The van der Waals surface area contributed by atoms with Crippen LogP contribution in [0, 0.1) is 34.5 Å². The van der Waals surface area contributed by atoms with Gasteiger partial charge in [-0.2, -0.15) is 0 Å². The van der Waals surface area contributed by atoms with Crippen molar-refractivity contribution < 1.29 is 19.1 Å². The highest BCUT2D eigenvalue weighted by atomic mass is 16.6. The first-order chi connectivity index (χ1) is 13.8. The number of hydrogen-bond acceptors (Lipinski definition) is 4. The molecule has 4 aliphatic carbocycles. The van der Waals surface area contributed by atoms with E-state index in [4.69, 9.17) is 9.47 Å². The molecule has 0 aromatic rings. The first-order valence-electron chi connectivity index (χ1n) is 11.9. The van der Waals surface area contributed by atoms with Crippen molar-refractivity contribution >= 4 is 11.9 Å². The molecule has 0 amide bonds. The Hall–Kier alpha value is -1.32. The molecular weight excluding hydrogens is 364 g/mol. The molecule has 4 nitrogen and oxygen atoms in total. The first-order valence-corrected chi connectivity index (χ1v) is 11.9. The summed E-state index contributed by atoms with van der Waals surface area (Å²) in [5, 5.41) is 0. The van der Waals surface area contributed by atoms with Crippen LogP contribution in [0.3, 0.4) is 0 Å². The molecule has 0 aromatic carbocycles. The van der Waals surface area contributed by atoms with Crippen molar-refractivity contribution in [1.82, 2.24) is 0 Å². The maximum Gasteiger partial charge on any atom is 0.306 e. The van der Waals surface area contributed by atoms with Gasteiger partial charge in [-0.05, 0) is 80.0 Å². The Balaban J connectivity index is 1.37. The van der Waals surface area contributed by atoms with E-state index in [1.807, 2.05) is 0 Å². The highest BCUT2D eigenvalue weighted by Gasteiger charge is 2.60. The smallest absolute Gasteiger partial charge is 0.306 e. The van der Waals surface area contributed by atoms with Crippen molar-refractivity contribution in [2.45, 2.75) is 97.2 Å². The van der Waals surface area contributed by atoms with E-state index in [1.54, 1.807) is 5.57 Å². The largest absolute Gasteiger partial charge is 0.462 e. The summed E-state index contributed by atoms with van der Waals surface area (Å²) in [6.45, 7) is 6.53. The van der Waals surface area contributed by atoms with Crippen molar-refractivity contribution in [3.05, 3.63) is 11.6 Å². The SMILES string of the molecule is CC(=O)O[C@H]1CC[C@@]2(C)C(=CC[C@H]3[C@@H]4CC[C@H]([C@H]5CCC(=O)O5)[C@@]4(C)CC[C@@H]32)C1. The van der Waals surface area contributed by atoms with Crippen molar-refractivity contribution in [2.75, 3.05) is 0 Å². The van der Waals surface area contributed by atoms with Gasteiger partial charge in [0.25, 0.3) is 0 Å². The van der Waals surface area contributed by atoms with Crippen LogP contribution in [-0.2, 0) is 19.1 Å². The van der Waals surface area contributed by atoms with Gasteiger partial charge >= 0.3 is 11.9 Å². The number of hydrogen-bond donors (Lipinski definition) is 0. The number of cyclic esters (lactones) is 1. The average molecular weight is 401 g/mol. The molecular formula is C25H36O4. The summed E-state index contributed by atoms with van der Waals surface area (Å²) >= 11 is 0. The van der Waals surface area contributed by atoms with Gasteiger partial charge in [0.1, 0.15) is 12.2 Å². The number of rotatable bonds is 2. The lowest BCUT2D eigenvalue weighted by Crippen LogP contribution is -2.51. The zero-order valence-electron chi connectivity index (χ0n) is 18.2. The van der Waals surface area contributed by atoms with Crippen molar-refractivity contribution in [3.63, 3.8) is 0 Å². The molecule has 0 bridgehead atoms. The van der Waals surface area contributed by atoms with Crippen LogP contribution in [-0.4, -0.2) is 24.1 Å². The Labute approximate surface area is 174 Å². The summed E-state index contributed by atoms with van der Waals surface area (Å²) in [6.07, 6.45) is 13.6. The van der Waals surface area contributed by atoms with Crippen LogP contribution >= 0.6 is 0 Å². The van der Waals surface area contributed by atoms with Gasteiger partial charge in [0.05, 0.1) is 0 Å². The highest BCUT2D eigenvalue weighted by Crippen LogP contribution is 2.67. The monoisotopic (exact) mass is 400 g/mol. The molecule has 1 aliphatic heterocycles. The van der Waals surface area contributed by atoms with Crippen molar-refractivity contribution in [3.8, 4) is 0 Å². The van der Waals surface area contributed by atoms with Crippen molar-refractivity contribution in [2.24, 2.45) is 34.5 Å². The number of esters is 2. The summed E-state index contributed by atoms with van der Waals surface area (Å²) in [6, 6.07) is 0. The Morgan fingerprint density at radius 2 is 1.86 bits per heavy atom. The van der Waals surface area contributed by atoms with Crippen LogP contribution < -0.4 is 0 Å². The third-order valence-corrected chi connectivity index (χ3v) is 9.83. The van der Waals surface area contributed by atoms with Gasteiger partial charge < -0.3 is 9.47 Å². The number of allylic oxidation sites excluding steroid dienone is 1. The van der Waals surface area contributed by atoms with Crippen LogP contribution in [0.25, 0.3) is 0 Å². The topological polar surface area (TPSA) is 52.6 Å². The second-order valence-electron chi connectivity index (χ2n) is 11.0. The van der Waals surface area contributed by atoms with Gasteiger partial charge in [0.2, 0.25) is 0 Å². The van der Waals surface area contributed by atoms with E-state index in [0.717, 1.165) is 43.4 Å². The predicted octanol–water partition coefficient (Wildman–Crippen LogP) is 5.20. The molecule has 4 heteroatoms. The molecule has 3 saturated carbocycles. The minimum Gasteiger partial charge on any atom is -0.462 e. The molecule has 0 unspecified atom stereocenters. The Kier molecular flexibility index (Phi) is 4.64. The lowest BCUT2D eigenvalue weighted by Gasteiger charge is -2.58. The van der Waals surface area contributed by atoms with Gasteiger partial charge in [-0.15, -0.1) is 0 Å². The maximum absolute atomic E-state index is 11.7. The van der Waals surface area contributed by atoms with E-state index in [1.165, 1.54) is 39.0 Å². The van der Waals surface area contributed by atoms with Crippen LogP contribution in [0.5, 0.6) is 0 Å². The van der Waals surface area contributed by atoms with E-state index in [0.29, 0.717) is 17.8 Å². The van der Waals surface area contributed by atoms with Gasteiger partial charge in [0, 0.05) is 25.7 Å². The second kappa shape index (κ2) is 6.85. The molecule has 8 atom stereocenters. The Bertz CT molecular complexity index is 741. The molecule has 1 saturated heterocycles. The fraction of sp³-hybridized carbons (Fsp3) is 0.840. The molecule has 1 heterocycles. The first kappa shape index (κ1) is 19.6. The highest BCUT2D eigenvalue weighted by molar-refractivity contribution is 5.71. The molecule has 160 valence electrons. The quantitative estimate of drug-likeness (QED) is 0.472. The van der Waals surface area contributed by atoms with Gasteiger partial charge in [0.15, 0.2) is 0 Å². The number of fused-ring (bicyclic) bond motifs is 5. The molecule has 29 heavy (non-hydrogen) atoms. The molecule has 5 rings (SSSR count). The minimum atomic E-state index is -0.147. The second-order valence-corrected chi connectivity index (χ2v) is 11.0. The van der Waals surface area contributed by atoms with E-state index in [-0.39, 0.29) is 29.6 Å². The summed E-state index contributed by atoms with van der Waals surface area (Å²) in [4.78, 5) is 23.2. The van der Waals surface area contributed by atoms with Crippen LogP contribution in [0.1, 0.15) is 85.0 Å². The Morgan fingerprint density at radius 1 is 1.07 bits per heavy atom. The van der Waals surface area contributed by atoms with E-state index >= 15 is 0 Å². The third-order valence-electron chi connectivity index (χ3n) is 9.83. The molecule has 4 fully saturated rings. The van der Waals surface area contributed by atoms with Crippen LogP contribution in [0.15, 0.2) is 11.6 Å². The normalized spacial score (nSPS) is 48.8. The molecule has 0 radical (unpaired) electrons. The fourth-order valence-corrected chi connectivity index (χ4v) is 8.44. The number of ether oxygens (including phenoxy) is 2.